The molecule has 0 amide bonds. The SMILES string of the molecule is CCCCCCCCCCc1ccc(-c2cnc(-c3ccc(OCC(C)F)cc3)nc2)cc1. The third kappa shape index (κ3) is 8.60. The summed E-state index contributed by atoms with van der Waals surface area (Å²) in [5.74, 6) is 1.31. The van der Waals surface area contributed by atoms with Crippen LogP contribution >= 0.6 is 0 Å². The molecule has 0 saturated carbocycles. The maximum atomic E-state index is 12.9. The summed E-state index contributed by atoms with van der Waals surface area (Å²) in [6.07, 6.45) is 14.7. The number of hydrogen-bond acceptors (Lipinski definition) is 3. The molecule has 0 saturated heterocycles. The fraction of sp³-hybridized carbons (Fsp3) is 0.448. The number of nitrogens with zero attached hydrogens (tertiary/aromatic N) is 2. The van der Waals surface area contributed by atoms with Gasteiger partial charge in [-0.3, -0.25) is 0 Å². The van der Waals surface area contributed by atoms with Crippen LogP contribution in [0.25, 0.3) is 22.5 Å². The molecule has 1 unspecified atom stereocenters. The van der Waals surface area contributed by atoms with Crippen molar-refractivity contribution in [3.8, 4) is 28.3 Å². The van der Waals surface area contributed by atoms with Crippen molar-refractivity contribution < 1.29 is 9.13 Å². The molecular weight excluding hydrogens is 411 g/mol. The summed E-state index contributed by atoms with van der Waals surface area (Å²) < 4.78 is 18.3. The Balaban J connectivity index is 1.46. The minimum absolute atomic E-state index is 0.0580. The van der Waals surface area contributed by atoms with Crippen molar-refractivity contribution in [2.24, 2.45) is 0 Å². The number of unbranched alkanes of at least 4 members (excludes halogenated alkanes) is 7. The fourth-order valence-electron chi connectivity index (χ4n) is 3.86. The molecule has 1 atom stereocenters. The van der Waals surface area contributed by atoms with E-state index >= 15 is 0 Å². The second-order valence-corrected chi connectivity index (χ2v) is 8.83. The molecule has 0 fully saturated rings. The van der Waals surface area contributed by atoms with E-state index in [1.807, 2.05) is 36.7 Å². The fourth-order valence-corrected chi connectivity index (χ4v) is 3.86. The Morgan fingerprint density at radius 1 is 0.727 bits per heavy atom. The summed E-state index contributed by atoms with van der Waals surface area (Å²) in [4.78, 5) is 9.07. The zero-order valence-corrected chi connectivity index (χ0v) is 20.1. The van der Waals surface area contributed by atoms with Gasteiger partial charge < -0.3 is 4.74 Å². The highest BCUT2D eigenvalue weighted by atomic mass is 19.1. The van der Waals surface area contributed by atoms with E-state index in [1.54, 1.807) is 0 Å². The van der Waals surface area contributed by atoms with Crippen LogP contribution in [-0.2, 0) is 6.42 Å². The molecule has 0 N–H and O–H groups in total. The van der Waals surface area contributed by atoms with Crippen molar-refractivity contribution in [3.63, 3.8) is 0 Å². The largest absolute Gasteiger partial charge is 0.491 e. The molecule has 0 bridgehead atoms. The highest BCUT2D eigenvalue weighted by Gasteiger charge is 2.05. The number of ether oxygens (including phenoxy) is 1. The molecule has 0 aliphatic rings. The van der Waals surface area contributed by atoms with Crippen LogP contribution in [0, 0.1) is 0 Å². The highest BCUT2D eigenvalue weighted by Crippen LogP contribution is 2.23. The monoisotopic (exact) mass is 448 g/mol. The van der Waals surface area contributed by atoms with Crippen molar-refractivity contribution in [1.82, 2.24) is 9.97 Å². The van der Waals surface area contributed by atoms with Gasteiger partial charge in [-0.1, -0.05) is 76.1 Å². The molecular formula is C29H37FN2O. The lowest BCUT2D eigenvalue weighted by atomic mass is 10.0. The van der Waals surface area contributed by atoms with Crippen molar-refractivity contribution >= 4 is 0 Å². The lowest BCUT2D eigenvalue weighted by Crippen LogP contribution is -2.08. The smallest absolute Gasteiger partial charge is 0.159 e. The Hall–Kier alpha value is -2.75. The van der Waals surface area contributed by atoms with Gasteiger partial charge in [-0.05, 0) is 55.2 Å². The average molecular weight is 449 g/mol. The zero-order valence-electron chi connectivity index (χ0n) is 20.1. The van der Waals surface area contributed by atoms with Crippen LogP contribution in [0.15, 0.2) is 60.9 Å². The standard InChI is InChI=1S/C29H37FN2O/c1-3-4-5-6-7-8-9-10-11-24-12-14-25(15-13-24)27-20-31-29(32-21-27)26-16-18-28(19-17-26)33-22-23(2)30/h12-21,23H,3-11,22H2,1-2H3. The van der Waals surface area contributed by atoms with Crippen LogP contribution in [0.3, 0.4) is 0 Å². The molecule has 2 aromatic carbocycles. The second kappa shape index (κ2) is 13.7. The summed E-state index contributed by atoms with van der Waals surface area (Å²) in [6.45, 7) is 3.81. The third-order valence-electron chi connectivity index (χ3n) is 5.85. The van der Waals surface area contributed by atoms with Gasteiger partial charge >= 0.3 is 0 Å². The van der Waals surface area contributed by atoms with Gasteiger partial charge in [0.05, 0.1) is 0 Å². The van der Waals surface area contributed by atoms with E-state index < -0.39 is 6.17 Å². The van der Waals surface area contributed by atoms with Gasteiger partial charge in [0, 0.05) is 23.5 Å². The molecule has 1 aromatic heterocycles. The molecule has 1 heterocycles. The molecule has 0 aliphatic heterocycles. The first-order chi connectivity index (χ1) is 16.2. The molecule has 33 heavy (non-hydrogen) atoms. The first-order valence-corrected chi connectivity index (χ1v) is 12.4. The highest BCUT2D eigenvalue weighted by molar-refractivity contribution is 5.64. The predicted octanol–water partition coefficient (Wildman–Crippen LogP) is 8.23. The minimum Gasteiger partial charge on any atom is -0.491 e. The number of rotatable bonds is 14. The summed E-state index contributed by atoms with van der Waals surface area (Å²) >= 11 is 0. The minimum atomic E-state index is -0.986. The number of benzene rings is 2. The third-order valence-corrected chi connectivity index (χ3v) is 5.85. The first-order valence-electron chi connectivity index (χ1n) is 12.4. The van der Waals surface area contributed by atoms with Gasteiger partial charge in [-0.15, -0.1) is 0 Å². The lowest BCUT2D eigenvalue weighted by molar-refractivity contribution is 0.210. The Labute approximate surface area is 198 Å². The van der Waals surface area contributed by atoms with Crippen LogP contribution in [0.4, 0.5) is 4.39 Å². The van der Waals surface area contributed by atoms with Gasteiger partial charge in [0.15, 0.2) is 5.82 Å². The average Bonchev–Trinajstić information content (AvgIpc) is 2.85. The molecule has 0 aliphatic carbocycles. The molecule has 3 rings (SSSR count). The van der Waals surface area contributed by atoms with E-state index in [9.17, 15) is 4.39 Å². The quantitative estimate of drug-likeness (QED) is 0.233. The van der Waals surface area contributed by atoms with E-state index in [2.05, 4.69) is 41.2 Å². The van der Waals surface area contributed by atoms with Crippen LogP contribution in [0.1, 0.15) is 70.8 Å². The van der Waals surface area contributed by atoms with Gasteiger partial charge in [-0.2, -0.15) is 0 Å². The van der Waals surface area contributed by atoms with Gasteiger partial charge in [0.2, 0.25) is 0 Å². The molecule has 176 valence electrons. The van der Waals surface area contributed by atoms with Crippen molar-refractivity contribution in [1.29, 1.82) is 0 Å². The number of hydrogen-bond donors (Lipinski definition) is 0. The van der Waals surface area contributed by atoms with Crippen LogP contribution in [0.2, 0.25) is 0 Å². The molecule has 3 aromatic rings. The van der Waals surface area contributed by atoms with Gasteiger partial charge in [0.1, 0.15) is 18.5 Å². The van der Waals surface area contributed by atoms with E-state index in [-0.39, 0.29) is 6.61 Å². The van der Waals surface area contributed by atoms with Crippen molar-refractivity contribution in [2.45, 2.75) is 77.8 Å². The first kappa shape index (κ1) is 24.9. The number of aryl methyl sites for hydroxylation is 1. The summed E-state index contributed by atoms with van der Waals surface area (Å²) in [5, 5.41) is 0. The van der Waals surface area contributed by atoms with E-state index in [4.69, 9.17) is 4.74 Å². The number of alkyl halides is 1. The van der Waals surface area contributed by atoms with Crippen molar-refractivity contribution in [3.05, 3.63) is 66.5 Å². The van der Waals surface area contributed by atoms with E-state index in [1.165, 1.54) is 63.9 Å². The normalized spacial score (nSPS) is 12.0. The Morgan fingerprint density at radius 2 is 1.30 bits per heavy atom. The van der Waals surface area contributed by atoms with Crippen LogP contribution < -0.4 is 4.74 Å². The molecule has 4 heteroatoms. The molecule has 0 spiro atoms. The number of aromatic nitrogens is 2. The summed E-state index contributed by atoms with van der Waals surface area (Å²) in [6, 6.07) is 16.2. The molecule has 3 nitrogen and oxygen atoms in total. The number of halogens is 1. The second-order valence-electron chi connectivity index (χ2n) is 8.83. The van der Waals surface area contributed by atoms with E-state index in [0.29, 0.717) is 11.6 Å². The van der Waals surface area contributed by atoms with Gasteiger partial charge in [-0.25, -0.2) is 14.4 Å². The Kier molecular flexibility index (Phi) is 10.3. The molecule has 0 radical (unpaired) electrons. The maximum Gasteiger partial charge on any atom is 0.159 e. The lowest BCUT2D eigenvalue weighted by Gasteiger charge is -2.08. The summed E-state index contributed by atoms with van der Waals surface area (Å²) in [7, 11) is 0. The zero-order chi connectivity index (χ0) is 23.3. The topological polar surface area (TPSA) is 35.0 Å². The predicted molar refractivity (Wildman–Crippen MR) is 135 cm³/mol. The summed E-state index contributed by atoms with van der Waals surface area (Å²) in [5.41, 5.74) is 4.44. The van der Waals surface area contributed by atoms with E-state index in [0.717, 1.165) is 23.1 Å². The Bertz CT molecular complexity index is 921. The Morgan fingerprint density at radius 3 is 1.91 bits per heavy atom. The van der Waals surface area contributed by atoms with Crippen LogP contribution in [0.5, 0.6) is 5.75 Å². The van der Waals surface area contributed by atoms with Gasteiger partial charge in [0.25, 0.3) is 0 Å². The van der Waals surface area contributed by atoms with Crippen LogP contribution in [-0.4, -0.2) is 22.7 Å². The maximum absolute atomic E-state index is 12.9. The van der Waals surface area contributed by atoms with Crippen molar-refractivity contribution in [2.75, 3.05) is 6.61 Å².